The van der Waals surface area contributed by atoms with Gasteiger partial charge in [-0.2, -0.15) is 0 Å². The molecule has 2 rings (SSSR count). The molecule has 0 spiro atoms. The van der Waals surface area contributed by atoms with Gasteiger partial charge >= 0.3 is 0 Å². The van der Waals surface area contributed by atoms with E-state index in [1.54, 1.807) is 19.1 Å². The van der Waals surface area contributed by atoms with Gasteiger partial charge in [0.25, 0.3) is 0 Å². The van der Waals surface area contributed by atoms with Crippen molar-refractivity contribution in [2.75, 3.05) is 5.32 Å². The smallest absolute Gasteiger partial charge is 0.228 e. The number of hydrogen-bond acceptors (Lipinski definition) is 2. The molecule has 1 aromatic carbocycles. The highest BCUT2D eigenvalue weighted by atomic mass is 79.9. The van der Waals surface area contributed by atoms with Crippen LogP contribution in [-0.2, 0) is 11.2 Å². The van der Waals surface area contributed by atoms with Gasteiger partial charge in [-0.25, -0.2) is 4.98 Å². The molecule has 0 aliphatic heterocycles. The second-order valence-corrected chi connectivity index (χ2v) is 5.42. The molecule has 0 aliphatic carbocycles. The van der Waals surface area contributed by atoms with E-state index in [0.717, 1.165) is 10.0 Å². The van der Waals surface area contributed by atoms with E-state index >= 15 is 0 Å². The van der Waals surface area contributed by atoms with Gasteiger partial charge in [-0.15, -0.1) is 0 Å². The van der Waals surface area contributed by atoms with Crippen molar-refractivity contribution in [1.82, 2.24) is 4.98 Å². The van der Waals surface area contributed by atoms with Crippen LogP contribution in [0.25, 0.3) is 0 Å². The Kier molecular flexibility index (Phi) is 4.56. The molecule has 2 aromatic rings. The number of rotatable bonds is 3. The van der Waals surface area contributed by atoms with E-state index in [-0.39, 0.29) is 5.91 Å². The van der Waals surface area contributed by atoms with E-state index in [0.29, 0.717) is 23.0 Å². The molecule has 0 aliphatic rings. The third-order valence-corrected chi connectivity index (χ3v) is 3.28. The van der Waals surface area contributed by atoms with Crippen LogP contribution in [0.15, 0.2) is 40.9 Å². The number of anilines is 1. The number of pyridine rings is 1. The van der Waals surface area contributed by atoms with Crippen LogP contribution in [0.4, 0.5) is 5.69 Å². The molecule has 0 unspecified atom stereocenters. The van der Waals surface area contributed by atoms with Gasteiger partial charge in [0, 0.05) is 4.47 Å². The number of nitrogens with zero attached hydrogens (tertiary/aromatic N) is 1. The number of carbonyl (C=O) groups is 1. The van der Waals surface area contributed by atoms with Gasteiger partial charge in [-0.05, 0) is 36.8 Å². The number of amides is 1. The van der Waals surface area contributed by atoms with E-state index in [2.05, 4.69) is 26.2 Å². The molecule has 0 saturated heterocycles. The third-order valence-electron chi connectivity index (χ3n) is 2.58. The van der Waals surface area contributed by atoms with Gasteiger partial charge in [0.05, 0.1) is 17.8 Å². The molecule has 0 atom stereocenters. The molecular formula is C14H12BrClN2O. The minimum atomic E-state index is -0.0784. The van der Waals surface area contributed by atoms with Crippen molar-refractivity contribution in [3.8, 4) is 0 Å². The normalized spacial score (nSPS) is 10.3. The maximum absolute atomic E-state index is 11.9. The number of aromatic nitrogens is 1. The van der Waals surface area contributed by atoms with Crippen LogP contribution >= 0.6 is 27.5 Å². The quantitative estimate of drug-likeness (QED) is 0.859. The number of hydrogen-bond donors (Lipinski definition) is 1. The molecule has 0 fully saturated rings. The molecule has 0 saturated carbocycles. The summed E-state index contributed by atoms with van der Waals surface area (Å²) in [6, 6.07) is 11.1. The van der Waals surface area contributed by atoms with Gasteiger partial charge in [-0.3, -0.25) is 4.79 Å². The predicted octanol–water partition coefficient (Wildman–Crippen LogP) is 3.99. The lowest BCUT2D eigenvalue weighted by Gasteiger charge is -2.08. The largest absolute Gasteiger partial charge is 0.324 e. The van der Waals surface area contributed by atoms with Gasteiger partial charge in [0.1, 0.15) is 5.15 Å². The SMILES string of the molecule is Cc1nc(Cl)ccc1NC(=O)Cc1cccc(Br)c1. The first kappa shape index (κ1) is 14.0. The minimum Gasteiger partial charge on any atom is -0.324 e. The van der Waals surface area contributed by atoms with E-state index in [1.807, 2.05) is 24.3 Å². The maximum atomic E-state index is 11.9. The Bertz CT molecular complexity index is 616. The fraction of sp³-hybridized carbons (Fsp3) is 0.143. The predicted molar refractivity (Wildman–Crippen MR) is 80.5 cm³/mol. The molecule has 1 aromatic heterocycles. The summed E-state index contributed by atoms with van der Waals surface area (Å²) in [4.78, 5) is 16.0. The van der Waals surface area contributed by atoms with Crippen molar-refractivity contribution in [2.24, 2.45) is 0 Å². The summed E-state index contributed by atoms with van der Waals surface area (Å²) < 4.78 is 0.960. The fourth-order valence-corrected chi connectivity index (χ4v) is 2.33. The Morgan fingerprint density at radius 2 is 2.16 bits per heavy atom. The van der Waals surface area contributed by atoms with Gasteiger partial charge in [-0.1, -0.05) is 39.7 Å². The van der Waals surface area contributed by atoms with E-state index in [4.69, 9.17) is 11.6 Å². The Balaban J connectivity index is 2.05. The summed E-state index contributed by atoms with van der Waals surface area (Å²) in [7, 11) is 0. The van der Waals surface area contributed by atoms with Crippen LogP contribution < -0.4 is 5.32 Å². The van der Waals surface area contributed by atoms with Crippen molar-refractivity contribution >= 4 is 39.1 Å². The Hall–Kier alpha value is -1.39. The molecule has 5 heteroatoms. The summed E-state index contributed by atoms with van der Waals surface area (Å²) >= 11 is 9.15. The standard InChI is InChI=1S/C14H12BrClN2O/c1-9-12(5-6-13(16)17-9)18-14(19)8-10-3-2-4-11(15)7-10/h2-7H,8H2,1H3,(H,18,19). The summed E-state index contributed by atoms with van der Waals surface area (Å²) in [5.41, 5.74) is 2.34. The molecule has 1 heterocycles. The first-order valence-corrected chi connectivity index (χ1v) is 6.89. The number of carbonyl (C=O) groups excluding carboxylic acids is 1. The number of nitrogens with one attached hydrogen (secondary N) is 1. The maximum Gasteiger partial charge on any atom is 0.228 e. The van der Waals surface area contributed by atoms with Gasteiger partial charge in [0.15, 0.2) is 0 Å². The van der Waals surface area contributed by atoms with Crippen LogP contribution in [0.1, 0.15) is 11.3 Å². The van der Waals surface area contributed by atoms with Crippen LogP contribution in [-0.4, -0.2) is 10.9 Å². The summed E-state index contributed by atoms with van der Waals surface area (Å²) in [5, 5.41) is 3.25. The van der Waals surface area contributed by atoms with Crippen LogP contribution in [0, 0.1) is 6.92 Å². The van der Waals surface area contributed by atoms with Gasteiger partial charge in [0.2, 0.25) is 5.91 Å². The third kappa shape index (κ3) is 4.04. The van der Waals surface area contributed by atoms with E-state index in [1.165, 1.54) is 0 Å². The van der Waals surface area contributed by atoms with Crippen molar-refractivity contribution in [3.63, 3.8) is 0 Å². The Morgan fingerprint density at radius 3 is 2.84 bits per heavy atom. The number of benzene rings is 1. The lowest BCUT2D eigenvalue weighted by atomic mass is 10.1. The molecule has 0 radical (unpaired) electrons. The Morgan fingerprint density at radius 1 is 1.37 bits per heavy atom. The zero-order valence-electron chi connectivity index (χ0n) is 10.3. The summed E-state index contributed by atoms with van der Waals surface area (Å²) in [5.74, 6) is -0.0784. The molecule has 98 valence electrons. The molecule has 3 nitrogen and oxygen atoms in total. The zero-order valence-corrected chi connectivity index (χ0v) is 12.6. The molecule has 1 amide bonds. The highest BCUT2D eigenvalue weighted by Crippen LogP contribution is 2.17. The average molecular weight is 340 g/mol. The molecule has 19 heavy (non-hydrogen) atoms. The van der Waals surface area contributed by atoms with E-state index < -0.39 is 0 Å². The van der Waals surface area contributed by atoms with Gasteiger partial charge < -0.3 is 5.32 Å². The van der Waals surface area contributed by atoms with E-state index in [9.17, 15) is 4.79 Å². The van der Waals surface area contributed by atoms with Crippen LogP contribution in [0.2, 0.25) is 5.15 Å². The minimum absolute atomic E-state index is 0.0784. The summed E-state index contributed by atoms with van der Waals surface area (Å²) in [6.45, 7) is 1.81. The number of aryl methyl sites for hydroxylation is 1. The van der Waals surface area contributed by atoms with Crippen molar-refractivity contribution in [2.45, 2.75) is 13.3 Å². The van der Waals surface area contributed by atoms with Crippen LogP contribution in [0.3, 0.4) is 0 Å². The first-order chi connectivity index (χ1) is 9.04. The average Bonchev–Trinajstić information content (AvgIpc) is 2.33. The van der Waals surface area contributed by atoms with Crippen molar-refractivity contribution < 1.29 is 4.79 Å². The lowest BCUT2D eigenvalue weighted by molar-refractivity contribution is -0.115. The molecule has 1 N–H and O–H groups in total. The zero-order chi connectivity index (χ0) is 13.8. The topological polar surface area (TPSA) is 42.0 Å². The summed E-state index contributed by atoms with van der Waals surface area (Å²) in [6.07, 6.45) is 0.321. The van der Waals surface area contributed by atoms with Crippen molar-refractivity contribution in [3.05, 3.63) is 57.3 Å². The Labute approximate surface area is 125 Å². The second kappa shape index (κ2) is 6.17. The molecular weight excluding hydrogens is 328 g/mol. The second-order valence-electron chi connectivity index (χ2n) is 4.12. The molecule has 0 bridgehead atoms. The first-order valence-electron chi connectivity index (χ1n) is 5.72. The monoisotopic (exact) mass is 338 g/mol. The fourth-order valence-electron chi connectivity index (χ4n) is 1.69. The lowest BCUT2D eigenvalue weighted by Crippen LogP contribution is -2.15. The highest BCUT2D eigenvalue weighted by molar-refractivity contribution is 9.10. The number of halogens is 2. The highest BCUT2D eigenvalue weighted by Gasteiger charge is 2.07. The van der Waals surface area contributed by atoms with Crippen molar-refractivity contribution in [1.29, 1.82) is 0 Å². The van der Waals surface area contributed by atoms with Crippen LogP contribution in [0.5, 0.6) is 0 Å².